The van der Waals surface area contributed by atoms with Crippen LogP contribution in [0.25, 0.3) is 0 Å². The van der Waals surface area contributed by atoms with Crippen molar-refractivity contribution in [3.8, 4) is 0 Å². The Morgan fingerprint density at radius 2 is 1.60 bits per heavy atom. The monoisotopic (exact) mass is 577 g/mol. The molecule has 13 nitrogen and oxygen atoms in total. The smallest absolute Gasteiger partial charge is 0.407 e. The predicted molar refractivity (Wildman–Crippen MR) is 142 cm³/mol. The lowest BCUT2D eigenvalue weighted by Gasteiger charge is -2.22. The van der Waals surface area contributed by atoms with Gasteiger partial charge in [0.15, 0.2) is 0 Å². The first-order valence-electron chi connectivity index (χ1n) is 13.3. The van der Waals surface area contributed by atoms with Crippen molar-refractivity contribution in [2.75, 3.05) is 6.54 Å². The minimum absolute atomic E-state index is 0.106. The number of imide groups is 1. The highest BCUT2D eigenvalue weighted by Gasteiger charge is 2.63. The van der Waals surface area contributed by atoms with E-state index in [4.69, 9.17) is 14.3 Å². The maximum atomic E-state index is 13.1. The molecule has 1 heterocycles. The average molecular weight is 578 g/mol. The van der Waals surface area contributed by atoms with E-state index in [1.54, 1.807) is 18.2 Å². The summed E-state index contributed by atoms with van der Waals surface area (Å²) >= 11 is 0. The molecule has 0 radical (unpaired) electrons. The molecule has 218 valence electrons. The number of nitrogens with zero attached hydrogens (tertiary/aromatic N) is 2. The van der Waals surface area contributed by atoms with Gasteiger partial charge in [0.25, 0.3) is 17.5 Å². The predicted octanol–water partition coefficient (Wildman–Crippen LogP) is 2.95. The highest BCUT2D eigenvalue weighted by atomic mass is 16.7. The maximum absolute atomic E-state index is 13.1. The molecule has 2 aliphatic carbocycles. The number of non-ortho nitro benzene ring substituents is 1. The highest BCUT2D eigenvalue weighted by Crippen LogP contribution is 2.55. The molecule has 0 aromatic heterocycles. The topological polar surface area (TPSA) is 171 Å². The second-order valence-electron chi connectivity index (χ2n) is 10.3. The van der Waals surface area contributed by atoms with Crippen LogP contribution in [-0.2, 0) is 35.3 Å². The number of rotatable bonds is 10. The fourth-order valence-electron chi connectivity index (χ4n) is 5.71. The molecule has 0 spiro atoms. The summed E-state index contributed by atoms with van der Waals surface area (Å²) < 4.78 is 10.5. The summed E-state index contributed by atoms with van der Waals surface area (Å²) in [4.78, 5) is 79.6. The summed E-state index contributed by atoms with van der Waals surface area (Å²) in [6, 6.07) is 13.3. The minimum Gasteiger partial charge on any atom is -0.447 e. The lowest BCUT2D eigenvalue weighted by molar-refractivity contribution is -0.384. The summed E-state index contributed by atoms with van der Waals surface area (Å²) in [6.07, 6.45) is 1.16. The molecule has 13 heteroatoms. The second kappa shape index (κ2) is 11.8. The van der Waals surface area contributed by atoms with Gasteiger partial charge in [0.2, 0.25) is 6.10 Å². The number of nitro benzene ring substituents is 1. The highest BCUT2D eigenvalue weighted by molar-refractivity contribution is 6.06. The first-order chi connectivity index (χ1) is 20.2. The van der Waals surface area contributed by atoms with E-state index in [1.165, 1.54) is 36.4 Å². The van der Waals surface area contributed by atoms with E-state index in [-0.39, 0.29) is 48.6 Å². The van der Waals surface area contributed by atoms with Gasteiger partial charge in [0.05, 0.1) is 22.3 Å². The number of hydrogen-bond donors (Lipinski definition) is 1. The van der Waals surface area contributed by atoms with Gasteiger partial charge in [-0.25, -0.2) is 14.4 Å². The summed E-state index contributed by atoms with van der Waals surface area (Å²) in [5.74, 6) is -4.51. The number of hydroxylamine groups is 2. The van der Waals surface area contributed by atoms with Crippen LogP contribution in [0.2, 0.25) is 0 Å². The van der Waals surface area contributed by atoms with E-state index in [0.717, 1.165) is 0 Å². The molecule has 5 rings (SSSR count). The van der Waals surface area contributed by atoms with Gasteiger partial charge < -0.3 is 19.6 Å². The zero-order valence-electron chi connectivity index (χ0n) is 22.4. The van der Waals surface area contributed by atoms with Crippen LogP contribution in [0.5, 0.6) is 0 Å². The van der Waals surface area contributed by atoms with Gasteiger partial charge in [-0.15, -0.1) is 5.06 Å². The molecule has 2 fully saturated rings. The van der Waals surface area contributed by atoms with E-state index in [2.05, 4.69) is 5.32 Å². The summed E-state index contributed by atoms with van der Waals surface area (Å²) in [6.45, 7) is 1.61. The molecule has 2 bridgehead atoms. The van der Waals surface area contributed by atoms with Crippen LogP contribution in [0.4, 0.5) is 10.5 Å². The number of amides is 3. The molecule has 2 aromatic rings. The third-order valence-electron chi connectivity index (χ3n) is 7.85. The number of ether oxygens (including phenoxy) is 2. The third-order valence-corrected chi connectivity index (χ3v) is 7.85. The van der Waals surface area contributed by atoms with Gasteiger partial charge >= 0.3 is 18.0 Å². The van der Waals surface area contributed by atoms with Crippen molar-refractivity contribution in [2.24, 2.45) is 29.6 Å². The number of nitrogens with one attached hydrogen (secondary N) is 1. The lowest BCUT2D eigenvalue weighted by Crippen LogP contribution is -2.41. The molecule has 3 aliphatic rings. The van der Waals surface area contributed by atoms with Crippen molar-refractivity contribution < 1.29 is 43.2 Å². The molecule has 1 N–H and O–H groups in total. The Hall–Kier alpha value is -5.07. The second-order valence-corrected chi connectivity index (χ2v) is 10.3. The number of nitro groups is 1. The number of allylic oxidation sites excluding steroid dienone is 2. The van der Waals surface area contributed by atoms with E-state index < -0.39 is 52.7 Å². The Bertz CT molecular complexity index is 1410. The van der Waals surface area contributed by atoms with Crippen LogP contribution in [-0.4, -0.2) is 52.5 Å². The number of hydrogen-bond acceptors (Lipinski definition) is 10. The van der Waals surface area contributed by atoms with Gasteiger partial charge in [0.1, 0.15) is 6.61 Å². The van der Waals surface area contributed by atoms with E-state index in [1.807, 2.05) is 19.1 Å². The van der Waals surface area contributed by atoms with Crippen molar-refractivity contribution in [1.29, 1.82) is 0 Å². The Morgan fingerprint density at radius 3 is 2.19 bits per heavy atom. The molecule has 3 amide bonds. The average Bonchev–Trinajstić information content (AvgIpc) is 3.58. The van der Waals surface area contributed by atoms with Crippen molar-refractivity contribution in [3.63, 3.8) is 0 Å². The summed E-state index contributed by atoms with van der Waals surface area (Å²) in [7, 11) is 0. The molecule has 6 atom stereocenters. The van der Waals surface area contributed by atoms with Crippen molar-refractivity contribution in [2.45, 2.75) is 26.1 Å². The molecular weight excluding hydrogens is 550 g/mol. The van der Waals surface area contributed by atoms with Crippen LogP contribution in [0.15, 0.2) is 66.7 Å². The van der Waals surface area contributed by atoms with Gasteiger partial charge in [-0.3, -0.25) is 19.7 Å². The molecule has 2 aromatic carbocycles. The molecule has 42 heavy (non-hydrogen) atoms. The fourth-order valence-corrected chi connectivity index (χ4v) is 5.71. The van der Waals surface area contributed by atoms with E-state index in [0.29, 0.717) is 10.6 Å². The molecule has 2 unspecified atom stereocenters. The van der Waals surface area contributed by atoms with Gasteiger partial charge in [-0.05, 0) is 47.6 Å². The van der Waals surface area contributed by atoms with E-state index in [9.17, 15) is 34.1 Å². The van der Waals surface area contributed by atoms with Gasteiger partial charge in [-0.1, -0.05) is 37.3 Å². The van der Waals surface area contributed by atoms with Gasteiger partial charge in [0, 0.05) is 25.1 Å². The zero-order valence-corrected chi connectivity index (χ0v) is 22.4. The van der Waals surface area contributed by atoms with Crippen molar-refractivity contribution >= 4 is 35.5 Å². The normalized spacial score (nSPS) is 24.2. The first-order valence-corrected chi connectivity index (χ1v) is 13.3. The summed E-state index contributed by atoms with van der Waals surface area (Å²) in [5, 5.41) is 13.7. The quantitative estimate of drug-likeness (QED) is 0.145. The molecule has 1 saturated heterocycles. The Kier molecular flexibility index (Phi) is 8.00. The van der Waals surface area contributed by atoms with Gasteiger partial charge in [-0.2, -0.15) is 0 Å². The van der Waals surface area contributed by atoms with Crippen LogP contribution < -0.4 is 5.32 Å². The standard InChI is InChI=1S/C29H27N3O10/c1-16-20-11-12-21(16)24-23(20)25(33)31(26(24)34)42-28(36)22(41-27(35)18-5-3-2-4-6-18)13-14-30-29(37)40-15-17-7-9-19(10-8-17)32(38)39/h2-12,16,20-24H,13-15H2,1H3,(H,30,37)/t16-,20?,21?,22-,23-,24+/m1/s1. The van der Waals surface area contributed by atoms with Crippen LogP contribution in [0.3, 0.4) is 0 Å². The number of fused-ring (bicyclic) bond motifs is 5. The number of esters is 1. The first kappa shape index (κ1) is 28.5. The Balaban J connectivity index is 1.19. The van der Waals surface area contributed by atoms with Crippen molar-refractivity contribution in [3.05, 3.63) is 88.0 Å². The third kappa shape index (κ3) is 5.57. The SMILES string of the molecule is C[C@@H]1C2C=CC1[C@@H]1C(=O)N(OC(=O)[C@@H](CCNC(=O)OCc3ccc([N+](=O)[O-])cc3)OC(=O)c3ccccc3)C(=O)[C@H]21. The fraction of sp³-hybridized carbons (Fsp3) is 0.345. The number of benzene rings is 2. The number of alkyl carbamates (subject to hydrolysis) is 1. The summed E-state index contributed by atoms with van der Waals surface area (Å²) in [5.41, 5.74) is 0.562. The molecule has 1 saturated carbocycles. The number of carbonyl (C=O) groups is 5. The maximum Gasteiger partial charge on any atom is 0.407 e. The van der Waals surface area contributed by atoms with E-state index >= 15 is 0 Å². The Labute approximate surface area is 239 Å². The zero-order chi connectivity index (χ0) is 30.0. The molecule has 1 aliphatic heterocycles. The van der Waals surface area contributed by atoms with Crippen LogP contribution in [0, 0.1) is 39.7 Å². The lowest BCUT2D eigenvalue weighted by atomic mass is 9.85. The molecular formula is C29H27N3O10. The Morgan fingerprint density at radius 1 is 0.976 bits per heavy atom. The van der Waals surface area contributed by atoms with Crippen LogP contribution in [0.1, 0.15) is 29.3 Å². The van der Waals surface area contributed by atoms with Crippen LogP contribution >= 0.6 is 0 Å². The minimum atomic E-state index is -1.57. The number of carbonyl (C=O) groups excluding carboxylic acids is 5. The van der Waals surface area contributed by atoms with Crippen molar-refractivity contribution in [1.82, 2.24) is 10.4 Å². The largest absolute Gasteiger partial charge is 0.447 e.